The molecule has 1 aromatic carbocycles. The second-order valence-electron chi connectivity index (χ2n) is 7.13. The number of carbonyl (C=O) groups excluding carboxylic acids is 1. The highest BCUT2D eigenvalue weighted by molar-refractivity contribution is 6.30. The van der Waals surface area contributed by atoms with Crippen LogP contribution < -0.4 is 5.32 Å². The molecular formula is C21H24ClN5O. The summed E-state index contributed by atoms with van der Waals surface area (Å²) in [5.41, 5.74) is 2.33. The third-order valence-electron chi connectivity index (χ3n) is 5.09. The summed E-state index contributed by atoms with van der Waals surface area (Å²) in [6.07, 6.45) is 5.54. The number of likely N-dealkylation sites (tertiary alicyclic amines) is 1. The molecule has 1 saturated heterocycles. The molecule has 0 aliphatic carbocycles. The van der Waals surface area contributed by atoms with Gasteiger partial charge in [0.25, 0.3) is 0 Å². The van der Waals surface area contributed by atoms with Gasteiger partial charge in [0, 0.05) is 29.9 Å². The van der Waals surface area contributed by atoms with Crippen LogP contribution in [-0.2, 0) is 11.3 Å². The maximum Gasteiger partial charge on any atom is 0.240 e. The van der Waals surface area contributed by atoms with Crippen LogP contribution in [0.5, 0.6) is 0 Å². The van der Waals surface area contributed by atoms with E-state index >= 15 is 0 Å². The Morgan fingerprint density at radius 1 is 1.14 bits per heavy atom. The molecule has 0 radical (unpaired) electrons. The van der Waals surface area contributed by atoms with Gasteiger partial charge in [-0.25, -0.2) is 9.97 Å². The van der Waals surface area contributed by atoms with E-state index in [0.717, 1.165) is 30.7 Å². The highest BCUT2D eigenvalue weighted by atomic mass is 35.5. The fourth-order valence-electron chi connectivity index (χ4n) is 3.69. The summed E-state index contributed by atoms with van der Waals surface area (Å²) in [5, 5.41) is 3.67. The third kappa shape index (κ3) is 4.34. The molecule has 7 heteroatoms. The van der Waals surface area contributed by atoms with Gasteiger partial charge in [-0.2, -0.15) is 0 Å². The van der Waals surface area contributed by atoms with E-state index in [0.29, 0.717) is 23.0 Å². The van der Waals surface area contributed by atoms with Crippen molar-refractivity contribution in [1.82, 2.24) is 24.8 Å². The number of amides is 1. The summed E-state index contributed by atoms with van der Waals surface area (Å²) in [4.78, 5) is 24.1. The maximum absolute atomic E-state index is 12.6. The van der Waals surface area contributed by atoms with Crippen molar-refractivity contribution < 1.29 is 4.79 Å². The first kappa shape index (κ1) is 18.9. The van der Waals surface area contributed by atoms with E-state index in [9.17, 15) is 4.79 Å². The molecule has 1 fully saturated rings. The number of carbonyl (C=O) groups is 1. The largest absolute Gasteiger partial charge is 0.353 e. The lowest BCUT2D eigenvalue weighted by Gasteiger charge is -2.26. The Morgan fingerprint density at radius 2 is 2.00 bits per heavy atom. The summed E-state index contributed by atoms with van der Waals surface area (Å²) in [7, 11) is 0. The Kier molecular flexibility index (Phi) is 5.88. The number of nitrogens with zero attached hydrogens (tertiary/aromatic N) is 4. The monoisotopic (exact) mass is 397 g/mol. The molecule has 0 bridgehead atoms. The minimum Gasteiger partial charge on any atom is -0.353 e. The molecule has 1 N–H and O–H groups in total. The molecule has 0 atom stereocenters. The first-order chi connectivity index (χ1) is 13.7. The molecule has 1 amide bonds. The van der Waals surface area contributed by atoms with Gasteiger partial charge in [0.05, 0.1) is 0 Å². The standard InChI is InChI=1S/C21H24ClN5O/c22-17-7-4-6-16(14-17)20-25-18-8-5-9-24-21(18)27(20)15-19(28)23-10-13-26-11-2-1-3-12-26/h4-9,14H,1-3,10-13,15H2,(H,23,28). The third-order valence-corrected chi connectivity index (χ3v) is 5.32. The van der Waals surface area contributed by atoms with Gasteiger partial charge in [0.1, 0.15) is 17.9 Å². The van der Waals surface area contributed by atoms with E-state index in [1.807, 2.05) is 41.0 Å². The van der Waals surface area contributed by atoms with Gasteiger partial charge in [0.2, 0.25) is 5.91 Å². The van der Waals surface area contributed by atoms with E-state index in [1.165, 1.54) is 19.3 Å². The van der Waals surface area contributed by atoms with Gasteiger partial charge in [-0.3, -0.25) is 9.36 Å². The normalized spacial score (nSPS) is 15.0. The Morgan fingerprint density at radius 3 is 2.82 bits per heavy atom. The molecule has 0 saturated carbocycles. The van der Waals surface area contributed by atoms with Crippen molar-refractivity contribution in [3.05, 3.63) is 47.6 Å². The summed E-state index contributed by atoms with van der Waals surface area (Å²) >= 11 is 6.16. The first-order valence-corrected chi connectivity index (χ1v) is 10.1. The van der Waals surface area contributed by atoms with E-state index in [2.05, 4.69) is 20.2 Å². The topological polar surface area (TPSA) is 63.1 Å². The fourth-order valence-corrected chi connectivity index (χ4v) is 3.88. The average Bonchev–Trinajstić information content (AvgIpc) is 3.07. The van der Waals surface area contributed by atoms with Crippen molar-refractivity contribution in [2.45, 2.75) is 25.8 Å². The van der Waals surface area contributed by atoms with Gasteiger partial charge in [-0.15, -0.1) is 0 Å². The van der Waals surface area contributed by atoms with E-state index < -0.39 is 0 Å². The number of pyridine rings is 1. The minimum atomic E-state index is -0.0368. The molecule has 0 spiro atoms. The van der Waals surface area contributed by atoms with Crippen molar-refractivity contribution >= 4 is 28.7 Å². The number of benzene rings is 1. The highest BCUT2D eigenvalue weighted by Gasteiger charge is 2.17. The molecule has 3 heterocycles. The van der Waals surface area contributed by atoms with Crippen molar-refractivity contribution in [1.29, 1.82) is 0 Å². The van der Waals surface area contributed by atoms with Crippen molar-refractivity contribution in [3.8, 4) is 11.4 Å². The van der Waals surface area contributed by atoms with Crippen LogP contribution in [0.3, 0.4) is 0 Å². The van der Waals surface area contributed by atoms with E-state index in [1.54, 1.807) is 6.20 Å². The summed E-state index contributed by atoms with van der Waals surface area (Å²) in [6.45, 7) is 3.99. The molecule has 6 nitrogen and oxygen atoms in total. The van der Waals surface area contributed by atoms with Gasteiger partial charge in [-0.1, -0.05) is 30.2 Å². The highest BCUT2D eigenvalue weighted by Crippen LogP contribution is 2.25. The lowest BCUT2D eigenvalue weighted by molar-refractivity contribution is -0.121. The number of hydrogen-bond acceptors (Lipinski definition) is 4. The summed E-state index contributed by atoms with van der Waals surface area (Å²) in [5.74, 6) is 0.660. The molecule has 28 heavy (non-hydrogen) atoms. The van der Waals surface area contributed by atoms with Crippen molar-refractivity contribution in [2.75, 3.05) is 26.2 Å². The number of rotatable bonds is 6. The Hall–Kier alpha value is -2.44. The van der Waals surface area contributed by atoms with Gasteiger partial charge < -0.3 is 10.2 Å². The van der Waals surface area contributed by atoms with Crippen molar-refractivity contribution in [3.63, 3.8) is 0 Å². The van der Waals surface area contributed by atoms with Gasteiger partial charge >= 0.3 is 0 Å². The number of piperidine rings is 1. The predicted molar refractivity (Wildman–Crippen MR) is 111 cm³/mol. The van der Waals surface area contributed by atoms with Crippen molar-refractivity contribution in [2.24, 2.45) is 0 Å². The van der Waals surface area contributed by atoms with E-state index in [-0.39, 0.29) is 12.5 Å². The number of fused-ring (bicyclic) bond motifs is 1. The Balaban J connectivity index is 1.50. The van der Waals surface area contributed by atoms with Crippen LogP contribution in [0.25, 0.3) is 22.6 Å². The number of aromatic nitrogens is 3. The van der Waals surface area contributed by atoms with Crippen LogP contribution in [0.4, 0.5) is 0 Å². The number of hydrogen-bond donors (Lipinski definition) is 1. The quantitative estimate of drug-likeness (QED) is 0.692. The SMILES string of the molecule is O=C(Cn1c(-c2cccc(Cl)c2)nc2cccnc21)NCCN1CCCCC1. The van der Waals surface area contributed by atoms with Gasteiger partial charge in [-0.05, 0) is 50.2 Å². The molecule has 146 valence electrons. The zero-order chi connectivity index (χ0) is 19.3. The molecular weight excluding hydrogens is 374 g/mol. The Labute approximate surface area is 169 Å². The number of halogens is 1. The minimum absolute atomic E-state index is 0.0368. The molecule has 1 aliphatic rings. The molecule has 0 unspecified atom stereocenters. The second kappa shape index (κ2) is 8.71. The lowest BCUT2D eigenvalue weighted by atomic mass is 10.1. The molecule has 3 aromatic rings. The zero-order valence-electron chi connectivity index (χ0n) is 15.8. The van der Waals surface area contributed by atoms with Crippen LogP contribution in [0, 0.1) is 0 Å². The summed E-state index contributed by atoms with van der Waals surface area (Å²) < 4.78 is 1.86. The van der Waals surface area contributed by atoms with Crippen LogP contribution in [0.15, 0.2) is 42.6 Å². The van der Waals surface area contributed by atoms with Crippen LogP contribution in [-0.4, -0.2) is 51.5 Å². The van der Waals surface area contributed by atoms with Crippen LogP contribution in [0.1, 0.15) is 19.3 Å². The number of nitrogens with one attached hydrogen (secondary N) is 1. The fraction of sp³-hybridized carbons (Fsp3) is 0.381. The first-order valence-electron chi connectivity index (χ1n) is 9.77. The van der Waals surface area contributed by atoms with Crippen LogP contribution >= 0.6 is 11.6 Å². The second-order valence-corrected chi connectivity index (χ2v) is 7.57. The van der Waals surface area contributed by atoms with Crippen LogP contribution in [0.2, 0.25) is 5.02 Å². The summed E-state index contributed by atoms with van der Waals surface area (Å²) in [6, 6.07) is 11.3. The molecule has 2 aromatic heterocycles. The predicted octanol–water partition coefficient (Wildman–Crippen LogP) is 3.35. The number of imidazole rings is 1. The maximum atomic E-state index is 12.6. The smallest absolute Gasteiger partial charge is 0.240 e. The zero-order valence-corrected chi connectivity index (χ0v) is 16.5. The van der Waals surface area contributed by atoms with E-state index in [4.69, 9.17) is 11.6 Å². The van der Waals surface area contributed by atoms with Gasteiger partial charge in [0.15, 0.2) is 5.65 Å². The molecule has 4 rings (SSSR count). The molecule has 1 aliphatic heterocycles. The average molecular weight is 398 g/mol. The lowest BCUT2D eigenvalue weighted by Crippen LogP contribution is -2.38. The Bertz CT molecular complexity index is 964.